The van der Waals surface area contributed by atoms with Gasteiger partial charge in [0.2, 0.25) is 0 Å². The van der Waals surface area contributed by atoms with E-state index in [4.69, 9.17) is 9.47 Å². The Labute approximate surface area is 205 Å². The van der Waals surface area contributed by atoms with Crippen LogP contribution in [0.5, 0.6) is 11.5 Å². The van der Waals surface area contributed by atoms with Gasteiger partial charge in [-0.25, -0.2) is 0 Å². The Morgan fingerprint density at radius 1 is 1.16 bits per heavy atom. The molecular formula is C23H31AsBrNO5S. The van der Waals surface area contributed by atoms with Gasteiger partial charge in [-0.3, -0.25) is 0 Å². The van der Waals surface area contributed by atoms with Gasteiger partial charge < -0.3 is 0 Å². The first-order valence-corrected chi connectivity index (χ1v) is 16.7. The molecular weight excluding hydrogens is 557 g/mol. The number of carbonyl (C=O) groups excluding carboxylic acids is 1. The van der Waals surface area contributed by atoms with Crippen molar-refractivity contribution in [1.29, 1.82) is 0 Å². The van der Waals surface area contributed by atoms with E-state index >= 15 is 0 Å². The van der Waals surface area contributed by atoms with E-state index in [1.807, 2.05) is 56.3 Å². The zero-order chi connectivity index (χ0) is 23.7. The summed E-state index contributed by atoms with van der Waals surface area (Å²) in [5.74, 6) is 1.14. The summed E-state index contributed by atoms with van der Waals surface area (Å²) in [6.45, 7) is 6.27. The van der Waals surface area contributed by atoms with E-state index < -0.39 is 27.4 Å². The molecule has 0 aromatic heterocycles. The maximum atomic E-state index is 12.6. The standard InChI is InChI=1S/C23H31AsBrNO5S/c1-5-32(28,29)24-21(16(2)3)23(27)26-12-11-18-13-19(25)22(20(14-18)30-4)31-15-17-9-7-6-8-10-17/h6-10,13-14,16,21,24H,5,11-12,15H2,1-4H3,(H,26,27)/t21-/m0/s1. The van der Waals surface area contributed by atoms with Crippen molar-refractivity contribution in [2.24, 2.45) is 5.92 Å². The molecule has 0 heterocycles. The van der Waals surface area contributed by atoms with Crippen molar-refractivity contribution in [2.75, 3.05) is 19.4 Å². The first kappa shape index (κ1) is 26.7. The van der Waals surface area contributed by atoms with E-state index in [1.165, 1.54) is 0 Å². The fourth-order valence-electron chi connectivity index (χ4n) is 3.00. The summed E-state index contributed by atoms with van der Waals surface area (Å²) in [6.07, 6.45) is 0.588. The summed E-state index contributed by atoms with van der Waals surface area (Å²) in [5, 5.41) is 2.92. The fourth-order valence-corrected chi connectivity index (χ4v) is 10.6. The minimum atomic E-state index is -3.10. The molecule has 0 aliphatic carbocycles. The summed E-state index contributed by atoms with van der Waals surface area (Å²) >= 11 is 2.14. The molecule has 1 amide bonds. The van der Waals surface area contributed by atoms with Crippen LogP contribution in [0.2, 0.25) is 4.71 Å². The topological polar surface area (TPSA) is 81.7 Å². The number of amides is 1. The summed E-state index contributed by atoms with van der Waals surface area (Å²) < 4.78 is 35.9. The second-order valence-corrected chi connectivity index (χ2v) is 17.3. The molecule has 0 aliphatic heterocycles. The molecule has 176 valence electrons. The van der Waals surface area contributed by atoms with Crippen molar-refractivity contribution in [3.05, 3.63) is 58.1 Å². The number of halogens is 1. The van der Waals surface area contributed by atoms with Crippen molar-refractivity contribution in [2.45, 2.75) is 38.5 Å². The number of benzene rings is 2. The molecule has 0 spiro atoms. The van der Waals surface area contributed by atoms with Gasteiger partial charge in [0.15, 0.2) is 0 Å². The van der Waals surface area contributed by atoms with Gasteiger partial charge in [0.25, 0.3) is 0 Å². The Balaban J connectivity index is 2.00. The van der Waals surface area contributed by atoms with Gasteiger partial charge in [-0.15, -0.1) is 0 Å². The van der Waals surface area contributed by atoms with Crippen molar-refractivity contribution < 1.29 is 22.7 Å². The zero-order valence-electron chi connectivity index (χ0n) is 18.9. The van der Waals surface area contributed by atoms with Gasteiger partial charge in [0.05, 0.1) is 0 Å². The average molecular weight is 588 g/mol. The van der Waals surface area contributed by atoms with Crippen LogP contribution >= 0.6 is 15.9 Å². The van der Waals surface area contributed by atoms with Crippen molar-refractivity contribution in [3.63, 3.8) is 0 Å². The van der Waals surface area contributed by atoms with E-state index in [0.29, 0.717) is 31.1 Å². The van der Waals surface area contributed by atoms with Crippen LogP contribution in [0.15, 0.2) is 46.9 Å². The summed E-state index contributed by atoms with van der Waals surface area (Å²) in [5.41, 5.74) is 2.03. The second-order valence-electron chi connectivity index (χ2n) is 7.67. The molecule has 0 saturated carbocycles. The first-order valence-electron chi connectivity index (χ1n) is 10.5. The molecule has 0 fully saturated rings. The Morgan fingerprint density at radius 3 is 2.44 bits per heavy atom. The first-order chi connectivity index (χ1) is 15.2. The molecule has 0 bridgehead atoms. The molecule has 0 saturated heterocycles. The van der Waals surface area contributed by atoms with Crippen LogP contribution in [0.25, 0.3) is 0 Å². The monoisotopic (exact) mass is 587 g/mol. The number of methoxy groups -OCH3 is 1. The Kier molecular flexibility index (Phi) is 10.6. The molecule has 32 heavy (non-hydrogen) atoms. The van der Waals surface area contributed by atoms with Gasteiger partial charge in [0, 0.05) is 0 Å². The number of hydrogen-bond donors (Lipinski definition) is 1. The van der Waals surface area contributed by atoms with Crippen LogP contribution in [0.3, 0.4) is 0 Å². The predicted octanol–water partition coefficient (Wildman–Crippen LogP) is 3.93. The maximum absolute atomic E-state index is 12.6. The molecule has 1 N–H and O–H groups in total. The minimum absolute atomic E-state index is 0.00777. The molecule has 2 atom stereocenters. The Hall–Kier alpha value is -1.50. The normalized spacial score (nSPS) is 12.8. The van der Waals surface area contributed by atoms with Crippen LogP contribution in [0.4, 0.5) is 0 Å². The quantitative estimate of drug-likeness (QED) is 0.381. The molecule has 2 aromatic rings. The van der Waals surface area contributed by atoms with E-state index in [2.05, 4.69) is 21.2 Å². The van der Waals surface area contributed by atoms with Crippen molar-refractivity contribution in [3.8, 4) is 11.5 Å². The second kappa shape index (κ2) is 12.7. The third-order valence-electron chi connectivity index (χ3n) is 4.86. The summed E-state index contributed by atoms with van der Waals surface area (Å²) in [6, 6.07) is 13.7. The van der Waals surface area contributed by atoms with E-state index in [0.717, 1.165) is 15.6 Å². The van der Waals surface area contributed by atoms with Crippen molar-refractivity contribution in [1.82, 2.24) is 5.32 Å². The predicted molar refractivity (Wildman–Crippen MR) is 133 cm³/mol. The number of rotatable bonds is 12. The van der Waals surface area contributed by atoms with Crippen LogP contribution in [0, 0.1) is 5.92 Å². The third kappa shape index (κ3) is 8.13. The SMILES string of the molecule is CCS(=O)(=O)[AsH][C@H](C(=O)NCCc1cc(Br)c(OCc2ccccc2)c(OC)c1)C(C)C. The molecule has 9 heteroatoms. The molecule has 2 aromatic carbocycles. The Morgan fingerprint density at radius 2 is 1.84 bits per heavy atom. The number of carbonyl (C=O) groups is 1. The van der Waals surface area contributed by atoms with Gasteiger partial charge in [-0.2, -0.15) is 0 Å². The number of hydrogen-bond acceptors (Lipinski definition) is 5. The van der Waals surface area contributed by atoms with E-state index in [9.17, 15) is 13.2 Å². The number of ether oxygens (including phenoxy) is 2. The van der Waals surface area contributed by atoms with Gasteiger partial charge in [-0.05, 0) is 0 Å². The van der Waals surface area contributed by atoms with Gasteiger partial charge >= 0.3 is 176 Å². The van der Waals surface area contributed by atoms with Crippen LogP contribution < -0.4 is 14.8 Å². The summed E-state index contributed by atoms with van der Waals surface area (Å²) in [4.78, 5) is 12.6. The van der Waals surface area contributed by atoms with Crippen LogP contribution in [0.1, 0.15) is 31.9 Å². The van der Waals surface area contributed by atoms with Gasteiger partial charge in [0.1, 0.15) is 0 Å². The third-order valence-corrected chi connectivity index (χ3v) is 14.5. The van der Waals surface area contributed by atoms with Crippen molar-refractivity contribution >= 4 is 44.5 Å². The summed E-state index contributed by atoms with van der Waals surface area (Å²) in [7, 11) is -1.51. The van der Waals surface area contributed by atoms with Gasteiger partial charge in [-0.1, -0.05) is 30.3 Å². The Bertz CT molecular complexity index is 999. The zero-order valence-corrected chi connectivity index (χ0v) is 23.4. The van der Waals surface area contributed by atoms with E-state index in [-0.39, 0.29) is 17.6 Å². The fraction of sp³-hybridized carbons (Fsp3) is 0.435. The molecule has 6 nitrogen and oxygen atoms in total. The average Bonchev–Trinajstić information content (AvgIpc) is 2.76. The molecule has 2 rings (SSSR count). The van der Waals surface area contributed by atoms with E-state index in [1.54, 1.807) is 14.0 Å². The molecule has 0 aliphatic rings. The molecule has 1 unspecified atom stereocenters. The number of nitrogens with one attached hydrogen (secondary N) is 1. The molecule has 0 radical (unpaired) electrons. The van der Waals surface area contributed by atoms with Crippen LogP contribution in [-0.4, -0.2) is 48.3 Å². The van der Waals surface area contributed by atoms with Crippen LogP contribution in [-0.2, 0) is 25.9 Å².